The Kier molecular flexibility index (Phi) is 2.94. The van der Waals surface area contributed by atoms with Crippen LogP contribution in [0.1, 0.15) is 36.8 Å². The minimum atomic E-state index is 0.240. The lowest BCUT2D eigenvalue weighted by Crippen LogP contribution is -2.26. The van der Waals surface area contributed by atoms with Crippen LogP contribution in [0.5, 0.6) is 0 Å². The van der Waals surface area contributed by atoms with Crippen LogP contribution in [0.2, 0.25) is 0 Å². The number of hydrogen-bond donors (Lipinski definition) is 1. The fourth-order valence-corrected chi connectivity index (χ4v) is 2.96. The first-order valence-electron chi connectivity index (χ1n) is 5.95. The van der Waals surface area contributed by atoms with Crippen LogP contribution >= 0.6 is 11.3 Å². The van der Waals surface area contributed by atoms with E-state index in [-0.39, 0.29) is 6.04 Å². The van der Waals surface area contributed by atoms with Crippen molar-refractivity contribution in [2.24, 2.45) is 0 Å². The summed E-state index contributed by atoms with van der Waals surface area (Å²) in [5.41, 5.74) is 2.29. The number of rotatable bonds is 2. The van der Waals surface area contributed by atoms with Gasteiger partial charge in [0.25, 0.3) is 0 Å². The number of thiophene rings is 1. The minimum Gasteiger partial charge on any atom is -0.337 e. The van der Waals surface area contributed by atoms with Gasteiger partial charge < -0.3 is 9.84 Å². The molecule has 1 fully saturated rings. The van der Waals surface area contributed by atoms with E-state index in [2.05, 4.69) is 33.1 Å². The molecule has 0 aromatic carbocycles. The first-order valence-corrected chi connectivity index (χ1v) is 6.89. The van der Waals surface area contributed by atoms with Crippen LogP contribution in [0.4, 0.5) is 0 Å². The van der Waals surface area contributed by atoms with Crippen LogP contribution in [0.15, 0.2) is 15.3 Å². The second-order valence-corrected chi connectivity index (χ2v) is 5.17. The first-order chi connectivity index (χ1) is 8.34. The third-order valence-corrected chi connectivity index (χ3v) is 4.01. The highest BCUT2D eigenvalue weighted by Crippen LogP contribution is 2.27. The lowest BCUT2D eigenvalue weighted by atomic mass is 10.1. The average Bonchev–Trinajstić information content (AvgIpc) is 2.98. The molecule has 0 radical (unpaired) electrons. The quantitative estimate of drug-likeness (QED) is 0.889. The second kappa shape index (κ2) is 4.58. The van der Waals surface area contributed by atoms with Crippen molar-refractivity contribution < 1.29 is 4.52 Å². The molecule has 1 aliphatic rings. The molecule has 1 N–H and O–H groups in total. The average molecular weight is 249 g/mol. The zero-order valence-corrected chi connectivity index (χ0v) is 10.6. The summed E-state index contributed by atoms with van der Waals surface area (Å²) in [6.45, 7) is 3.11. The molecule has 3 heterocycles. The van der Waals surface area contributed by atoms with Gasteiger partial charge in [-0.25, -0.2) is 0 Å². The van der Waals surface area contributed by atoms with Crippen molar-refractivity contribution in [2.75, 3.05) is 6.54 Å². The van der Waals surface area contributed by atoms with Gasteiger partial charge in [0.15, 0.2) is 0 Å². The minimum absolute atomic E-state index is 0.240. The van der Waals surface area contributed by atoms with Crippen LogP contribution in [0.25, 0.3) is 11.4 Å². The number of aromatic nitrogens is 2. The lowest BCUT2D eigenvalue weighted by Gasteiger charge is -2.19. The van der Waals surface area contributed by atoms with Crippen LogP contribution in [-0.2, 0) is 0 Å². The van der Waals surface area contributed by atoms with E-state index < -0.39 is 0 Å². The maximum atomic E-state index is 5.36. The van der Waals surface area contributed by atoms with Crippen molar-refractivity contribution >= 4 is 11.3 Å². The monoisotopic (exact) mass is 249 g/mol. The van der Waals surface area contributed by atoms with Crippen molar-refractivity contribution in [1.29, 1.82) is 0 Å². The highest BCUT2D eigenvalue weighted by molar-refractivity contribution is 7.08. The summed E-state index contributed by atoms with van der Waals surface area (Å²) in [5, 5.41) is 11.7. The van der Waals surface area contributed by atoms with Gasteiger partial charge in [-0.2, -0.15) is 16.3 Å². The molecule has 0 bridgehead atoms. The molecule has 90 valence electrons. The molecule has 0 aliphatic carbocycles. The fraction of sp³-hybridized carbons (Fsp3) is 0.500. The molecule has 1 saturated heterocycles. The summed E-state index contributed by atoms with van der Waals surface area (Å²) < 4.78 is 5.36. The number of hydrogen-bond acceptors (Lipinski definition) is 5. The predicted molar refractivity (Wildman–Crippen MR) is 66.9 cm³/mol. The Hall–Kier alpha value is -1.20. The second-order valence-electron chi connectivity index (χ2n) is 4.43. The molecule has 4 nitrogen and oxygen atoms in total. The van der Waals surface area contributed by atoms with E-state index in [4.69, 9.17) is 4.52 Å². The molecule has 0 saturated carbocycles. The summed E-state index contributed by atoms with van der Waals surface area (Å²) in [5.74, 6) is 1.44. The van der Waals surface area contributed by atoms with E-state index in [0.29, 0.717) is 5.82 Å². The Balaban J connectivity index is 1.85. The Labute approximate surface area is 104 Å². The van der Waals surface area contributed by atoms with Crippen molar-refractivity contribution in [3.05, 3.63) is 22.2 Å². The Morgan fingerprint density at radius 1 is 1.41 bits per heavy atom. The smallest absolute Gasteiger partial charge is 0.244 e. The normalized spacial score (nSPS) is 20.6. The SMILES string of the molecule is Cc1cscc1-c1noc(C2CCCCN2)n1. The molecule has 1 aliphatic heterocycles. The first kappa shape index (κ1) is 10.9. The van der Waals surface area contributed by atoms with E-state index in [9.17, 15) is 0 Å². The maximum absolute atomic E-state index is 5.36. The number of aryl methyl sites for hydroxylation is 1. The Morgan fingerprint density at radius 3 is 3.06 bits per heavy atom. The van der Waals surface area contributed by atoms with Crippen molar-refractivity contribution in [2.45, 2.75) is 32.2 Å². The molecule has 17 heavy (non-hydrogen) atoms. The Bertz CT molecular complexity index is 499. The summed E-state index contributed by atoms with van der Waals surface area (Å²) in [6.07, 6.45) is 3.55. The van der Waals surface area contributed by atoms with Gasteiger partial charge in [0.2, 0.25) is 11.7 Å². The third-order valence-electron chi connectivity index (χ3n) is 3.15. The zero-order valence-electron chi connectivity index (χ0n) is 9.77. The van der Waals surface area contributed by atoms with Gasteiger partial charge >= 0.3 is 0 Å². The lowest BCUT2D eigenvalue weighted by molar-refractivity contribution is 0.297. The van der Waals surface area contributed by atoms with Crippen molar-refractivity contribution in [3.8, 4) is 11.4 Å². The predicted octanol–water partition coefficient (Wildman–Crippen LogP) is 2.92. The Morgan fingerprint density at radius 2 is 2.35 bits per heavy atom. The number of nitrogens with zero attached hydrogens (tertiary/aromatic N) is 2. The van der Waals surface area contributed by atoms with Gasteiger partial charge in [-0.05, 0) is 37.3 Å². The third kappa shape index (κ3) is 2.12. The van der Waals surface area contributed by atoms with Crippen molar-refractivity contribution in [3.63, 3.8) is 0 Å². The molecular weight excluding hydrogens is 234 g/mol. The van der Waals surface area contributed by atoms with Crippen molar-refractivity contribution in [1.82, 2.24) is 15.5 Å². The fourth-order valence-electron chi connectivity index (χ4n) is 2.14. The zero-order chi connectivity index (χ0) is 11.7. The van der Waals surface area contributed by atoms with Crippen LogP contribution in [0.3, 0.4) is 0 Å². The number of nitrogens with one attached hydrogen (secondary N) is 1. The highest BCUT2D eigenvalue weighted by Gasteiger charge is 2.21. The van der Waals surface area contributed by atoms with Crippen LogP contribution < -0.4 is 5.32 Å². The van der Waals surface area contributed by atoms with E-state index in [1.165, 1.54) is 18.4 Å². The standard InChI is InChI=1S/C12H15N3OS/c1-8-6-17-7-9(8)11-14-12(16-15-11)10-4-2-3-5-13-10/h6-7,10,13H,2-5H2,1H3. The highest BCUT2D eigenvalue weighted by atomic mass is 32.1. The largest absolute Gasteiger partial charge is 0.337 e. The van der Waals surface area contributed by atoms with E-state index in [1.807, 2.05) is 0 Å². The summed E-state index contributed by atoms with van der Waals surface area (Å²) in [4.78, 5) is 4.50. The molecule has 1 atom stereocenters. The molecule has 2 aromatic heterocycles. The van der Waals surface area contributed by atoms with Crippen LogP contribution in [0, 0.1) is 6.92 Å². The molecule has 0 amide bonds. The molecule has 1 unspecified atom stereocenters. The van der Waals surface area contributed by atoms with E-state index >= 15 is 0 Å². The summed E-state index contributed by atoms with van der Waals surface area (Å²) in [6, 6.07) is 0.240. The molecule has 0 spiro atoms. The van der Waals surface area contributed by atoms with E-state index in [1.54, 1.807) is 11.3 Å². The van der Waals surface area contributed by atoms with Gasteiger partial charge in [0, 0.05) is 10.9 Å². The van der Waals surface area contributed by atoms with E-state index in [0.717, 1.165) is 24.4 Å². The summed E-state index contributed by atoms with van der Waals surface area (Å²) in [7, 11) is 0. The van der Waals surface area contributed by atoms with Gasteiger partial charge in [-0.3, -0.25) is 0 Å². The van der Waals surface area contributed by atoms with Gasteiger partial charge in [0.05, 0.1) is 6.04 Å². The van der Waals surface area contributed by atoms with Gasteiger partial charge in [-0.15, -0.1) is 0 Å². The molecule has 5 heteroatoms. The van der Waals surface area contributed by atoms with Gasteiger partial charge in [-0.1, -0.05) is 11.6 Å². The maximum Gasteiger partial charge on any atom is 0.244 e. The molecule has 3 rings (SSSR count). The molecule has 2 aromatic rings. The number of piperidine rings is 1. The van der Waals surface area contributed by atoms with Gasteiger partial charge in [0.1, 0.15) is 0 Å². The topological polar surface area (TPSA) is 51.0 Å². The summed E-state index contributed by atoms with van der Waals surface area (Å²) >= 11 is 1.67. The molecular formula is C12H15N3OS. The van der Waals surface area contributed by atoms with Crippen LogP contribution in [-0.4, -0.2) is 16.7 Å².